The Hall–Kier alpha value is -1.75. The zero-order valence-corrected chi connectivity index (χ0v) is 17.3. The molecular weight excluding hydrogens is 358 g/mol. The van der Waals surface area contributed by atoms with E-state index in [0.29, 0.717) is 6.42 Å². The van der Waals surface area contributed by atoms with Gasteiger partial charge in [-0.3, -0.25) is 9.78 Å². The van der Waals surface area contributed by atoms with Gasteiger partial charge in [0.15, 0.2) is 9.84 Å². The third kappa shape index (κ3) is 4.57. The normalized spacial score (nSPS) is 21.3. The van der Waals surface area contributed by atoms with E-state index in [-0.39, 0.29) is 23.4 Å². The maximum absolute atomic E-state index is 12.8. The smallest absolute Gasteiger partial charge is 0.155 e. The molecule has 4 nitrogen and oxygen atoms in total. The lowest BCUT2D eigenvalue weighted by Crippen LogP contribution is -2.35. The fourth-order valence-electron chi connectivity index (χ4n) is 3.86. The Labute approximate surface area is 162 Å². The van der Waals surface area contributed by atoms with E-state index in [9.17, 15) is 13.2 Å². The minimum Gasteiger partial charge on any atom is -0.299 e. The Morgan fingerprint density at radius 2 is 1.78 bits per heavy atom. The Bertz CT molecular complexity index is 915. The number of carbonyl (C=O) groups is 1. The van der Waals surface area contributed by atoms with Crippen LogP contribution in [0.2, 0.25) is 0 Å². The SMILES string of the molecule is CC(C)(C)S(=O)(=O)CC1CCC(C(=O)Cc2cccc3ncccc23)CC1. The molecule has 146 valence electrons. The predicted octanol–water partition coefficient (Wildman–Crippen LogP) is 4.37. The van der Waals surface area contributed by atoms with E-state index < -0.39 is 14.6 Å². The van der Waals surface area contributed by atoms with Gasteiger partial charge in [0.25, 0.3) is 0 Å². The molecule has 1 aliphatic carbocycles. The van der Waals surface area contributed by atoms with Gasteiger partial charge < -0.3 is 0 Å². The summed E-state index contributed by atoms with van der Waals surface area (Å²) in [7, 11) is -3.10. The largest absolute Gasteiger partial charge is 0.299 e. The number of pyridine rings is 1. The van der Waals surface area contributed by atoms with Crippen LogP contribution < -0.4 is 0 Å². The lowest BCUT2D eigenvalue weighted by atomic mass is 9.79. The maximum Gasteiger partial charge on any atom is 0.155 e. The van der Waals surface area contributed by atoms with Crippen molar-refractivity contribution >= 4 is 26.5 Å². The third-order valence-electron chi connectivity index (χ3n) is 5.79. The molecule has 0 amide bonds. The fourth-order valence-corrected chi connectivity index (χ4v) is 5.32. The molecule has 1 fully saturated rings. The molecule has 0 atom stereocenters. The van der Waals surface area contributed by atoms with Gasteiger partial charge >= 0.3 is 0 Å². The first-order valence-electron chi connectivity index (χ1n) is 9.75. The van der Waals surface area contributed by atoms with Gasteiger partial charge in [-0.15, -0.1) is 0 Å². The molecule has 0 bridgehead atoms. The van der Waals surface area contributed by atoms with Gasteiger partial charge in [0.1, 0.15) is 5.78 Å². The monoisotopic (exact) mass is 387 g/mol. The molecule has 1 aromatic carbocycles. The molecule has 0 aliphatic heterocycles. The van der Waals surface area contributed by atoms with Crippen LogP contribution in [0.25, 0.3) is 10.9 Å². The summed E-state index contributed by atoms with van der Waals surface area (Å²) in [5.41, 5.74) is 1.95. The molecule has 0 unspecified atom stereocenters. The highest BCUT2D eigenvalue weighted by molar-refractivity contribution is 7.92. The second-order valence-corrected chi connectivity index (χ2v) is 11.5. The number of sulfone groups is 1. The standard InChI is InChI=1S/C22H29NO3S/c1-22(2,3)27(25,26)15-16-9-11-17(12-10-16)21(24)14-18-6-4-8-20-19(18)7-5-13-23-20/h4-8,13,16-17H,9-12,14-15H2,1-3H3. The highest BCUT2D eigenvalue weighted by atomic mass is 32.2. The summed E-state index contributed by atoms with van der Waals surface area (Å²) in [6.07, 6.45) is 5.43. The number of fused-ring (bicyclic) bond motifs is 1. The van der Waals surface area contributed by atoms with Crippen molar-refractivity contribution in [2.75, 3.05) is 5.75 Å². The maximum atomic E-state index is 12.8. The molecule has 0 N–H and O–H groups in total. The predicted molar refractivity (Wildman–Crippen MR) is 109 cm³/mol. The van der Waals surface area contributed by atoms with E-state index in [1.54, 1.807) is 27.0 Å². The zero-order valence-electron chi connectivity index (χ0n) is 16.4. The number of hydrogen-bond acceptors (Lipinski definition) is 4. The molecule has 3 rings (SSSR count). The number of aromatic nitrogens is 1. The quantitative estimate of drug-likeness (QED) is 0.764. The number of hydrogen-bond donors (Lipinski definition) is 0. The van der Waals surface area contributed by atoms with Gasteiger partial charge in [-0.05, 0) is 70.1 Å². The summed E-state index contributed by atoms with van der Waals surface area (Å²) in [5.74, 6) is 0.737. The van der Waals surface area contributed by atoms with E-state index in [1.807, 2.05) is 30.3 Å². The van der Waals surface area contributed by atoms with Gasteiger partial charge in [-0.2, -0.15) is 0 Å². The summed E-state index contributed by atoms with van der Waals surface area (Å²) in [6, 6.07) is 9.83. The molecule has 27 heavy (non-hydrogen) atoms. The van der Waals surface area contributed by atoms with E-state index in [0.717, 1.165) is 42.1 Å². The third-order valence-corrected chi connectivity index (χ3v) is 8.57. The number of nitrogens with zero attached hydrogens (tertiary/aromatic N) is 1. The molecule has 1 aromatic heterocycles. The highest BCUT2D eigenvalue weighted by Crippen LogP contribution is 2.33. The highest BCUT2D eigenvalue weighted by Gasteiger charge is 2.34. The van der Waals surface area contributed by atoms with Gasteiger partial charge in [0.2, 0.25) is 0 Å². The molecule has 0 saturated heterocycles. The van der Waals surface area contributed by atoms with Crippen LogP contribution in [0.4, 0.5) is 0 Å². The average Bonchev–Trinajstić information content (AvgIpc) is 2.61. The first-order chi connectivity index (χ1) is 12.7. The van der Waals surface area contributed by atoms with E-state index in [2.05, 4.69) is 4.98 Å². The van der Waals surface area contributed by atoms with Crippen molar-refractivity contribution in [2.24, 2.45) is 11.8 Å². The summed E-state index contributed by atoms with van der Waals surface area (Å²) in [6.45, 7) is 5.28. The van der Waals surface area contributed by atoms with Crippen molar-refractivity contribution in [3.63, 3.8) is 0 Å². The summed E-state index contributed by atoms with van der Waals surface area (Å²) in [4.78, 5) is 17.2. The van der Waals surface area contributed by atoms with E-state index in [1.165, 1.54) is 0 Å². The van der Waals surface area contributed by atoms with E-state index in [4.69, 9.17) is 0 Å². The van der Waals surface area contributed by atoms with Crippen LogP contribution in [0.5, 0.6) is 0 Å². The Kier molecular flexibility index (Phi) is 5.71. The minimum atomic E-state index is -3.10. The van der Waals surface area contributed by atoms with Crippen molar-refractivity contribution in [3.8, 4) is 0 Å². The van der Waals surface area contributed by atoms with Crippen molar-refractivity contribution in [3.05, 3.63) is 42.1 Å². The van der Waals surface area contributed by atoms with Crippen LogP contribution in [-0.4, -0.2) is 29.7 Å². The van der Waals surface area contributed by atoms with Crippen molar-refractivity contribution in [1.29, 1.82) is 0 Å². The molecule has 0 spiro atoms. The average molecular weight is 388 g/mol. The number of rotatable bonds is 5. The van der Waals surface area contributed by atoms with Gasteiger partial charge in [-0.1, -0.05) is 18.2 Å². The van der Waals surface area contributed by atoms with Crippen molar-refractivity contribution < 1.29 is 13.2 Å². The lowest BCUT2D eigenvalue weighted by Gasteiger charge is -2.30. The van der Waals surface area contributed by atoms with Gasteiger partial charge in [0.05, 0.1) is 16.0 Å². The summed E-state index contributed by atoms with van der Waals surface area (Å²) in [5, 5.41) is 1.04. The lowest BCUT2D eigenvalue weighted by molar-refractivity contribution is -0.123. The Morgan fingerprint density at radius 1 is 1.07 bits per heavy atom. The molecule has 1 heterocycles. The first kappa shape index (κ1) is 20.0. The Balaban J connectivity index is 1.60. The topological polar surface area (TPSA) is 64.1 Å². The second-order valence-electron chi connectivity index (χ2n) is 8.74. The van der Waals surface area contributed by atoms with Crippen LogP contribution in [0.1, 0.15) is 52.0 Å². The van der Waals surface area contributed by atoms with Crippen LogP contribution in [0.15, 0.2) is 36.5 Å². The summed E-state index contributed by atoms with van der Waals surface area (Å²) < 4.78 is 24.2. The van der Waals surface area contributed by atoms with Crippen LogP contribution in [0, 0.1) is 11.8 Å². The zero-order chi connectivity index (χ0) is 19.7. The van der Waals surface area contributed by atoms with Crippen molar-refractivity contribution in [2.45, 2.75) is 57.6 Å². The molecule has 1 saturated carbocycles. The van der Waals surface area contributed by atoms with Gasteiger partial charge in [-0.25, -0.2) is 8.42 Å². The number of ketones is 1. The molecular formula is C22H29NO3S. The summed E-state index contributed by atoms with van der Waals surface area (Å²) >= 11 is 0. The van der Waals surface area contributed by atoms with Crippen LogP contribution in [0.3, 0.4) is 0 Å². The van der Waals surface area contributed by atoms with Crippen LogP contribution >= 0.6 is 0 Å². The van der Waals surface area contributed by atoms with Gasteiger partial charge in [0, 0.05) is 23.9 Å². The van der Waals surface area contributed by atoms with Crippen molar-refractivity contribution in [1.82, 2.24) is 4.98 Å². The molecule has 5 heteroatoms. The number of Topliss-reactive ketones (excluding diaryl/α,β-unsaturated/α-hetero) is 1. The molecule has 2 aromatic rings. The number of benzene rings is 1. The first-order valence-corrected chi connectivity index (χ1v) is 11.4. The second kappa shape index (κ2) is 7.70. The molecule has 0 radical (unpaired) electrons. The minimum absolute atomic E-state index is 0.0468. The Morgan fingerprint density at radius 3 is 2.44 bits per heavy atom. The van der Waals surface area contributed by atoms with E-state index >= 15 is 0 Å². The molecule has 1 aliphatic rings. The number of carbonyl (C=O) groups excluding carboxylic acids is 1. The fraction of sp³-hybridized carbons (Fsp3) is 0.545. The van der Waals surface area contributed by atoms with Crippen LogP contribution in [-0.2, 0) is 21.1 Å².